The molecule has 0 aliphatic heterocycles. The van der Waals surface area contributed by atoms with Crippen molar-refractivity contribution in [2.45, 2.75) is 54.1 Å². The van der Waals surface area contributed by atoms with Gasteiger partial charge in [0.25, 0.3) is 5.56 Å². The average molecular weight is 339 g/mol. The number of benzene rings is 1. The zero-order valence-corrected chi connectivity index (χ0v) is 15.7. The largest absolute Gasteiger partial charge is 0.393 e. The molecule has 2 aromatic heterocycles. The van der Waals surface area contributed by atoms with Crippen LogP contribution in [0.5, 0.6) is 0 Å². The van der Waals surface area contributed by atoms with Crippen LogP contribution in [-0.4, -0.2) is 25.8 Å². The third kappa shape index (κ3) is 2.89. The summed E-state index contributed by atoms with van der Waals surface area (Å²) < 4.78 is 1.50. The minimum absolute atomic E-state index is 0.108. The van der Waals surface area contributed by atoms with Gasteiger partial charge in [0.1, 0.15) is 0 Å². The summed E-state index contributed by atoms with van der Waals surface area (Å²) in [6.07, 6.45) is 0.207. The first-order valence-corrected chi connectivity index (χ1v) is 8.57. The third-order valence-corrected chi connectivity index (χ3v) is 4.81. The smallest absolute Gasteiger partial charge is 0.272 e. The van der Waals surface area contributed by atoms with Crippen molar-refractivity contribution >= 4 is 5.65 Å². The van der Waals surface area contributed by atoms with Crippen molar-refractivity contribution < 1.29 is 5.11 Å². The van der Waals surface area contributed by atoms with Crippen LogP contribution in [0.15, 0.2) is 16.9 Å². The number of aliphatic hydroxyl groups excluding tert-OH is 1. The maximum absolute atomic E-state index is 12.3. The van der Waals surface area contributed by atoms with E-state index >= 15 is 0 Å². The van der Waals surface area contributed by atoms with Crippen LogP contribution in [0, 0.1) is 34.6 Å². The third-order valence-electron chi connectivity index (χ3n) is 4.81. The van der Waals surface area contributed by atoms with E-state index < -0.39 is 6.10 Å². The Labute approximate surface area is 147 Å². The van der Waals surface area contributed by atoms with E-state index in [0.29, 0.717) is 17.8 Å². The number of H-pyrrole nitrogens is 1. The zero-order valence-electron chi connectivity index (χ0n) is 15.7. The molecule has 0 aliphatic rings. The van der Waals surface area contributed by atoms with Crippen LogP contribution in [0.3, 0.4) is 0 Å². The molecule has 0 radical (unpaired) electrons. The number of aliphatic hydroxyl groups is 1. The SMILES string of the molecule is Cc1cc(=O)n2[nH]c(C)c(-c3c(C)cc(C)c(CC(C)O)c3C)c2n1. The number of nitrogens with zero attached hydrogens (tertiary/aromatic N) is 2. The second-order valence-corrected chi connectivity index (χ2v) is 7.05. The van der Waals surface area contributed by atoms with Crippen molar-refractivity contribution in [2.75, 3.05) is 0 Å². The minimum Gasteiger partial charge on any atom is -0.393 e. The molecule has 5 heteroatoms. The zero-order chi connectivity index (χ0) is 18.5. The molecule has 0 amide bonds. The fraction of sp³-hybridized carbons (Fsp3) is 0.400. The molecule has 0 bridgehead atoms. The summed E-state index contributed by atoms with van der Waals surface area (Å²) in [4.78, 5) is 16.9. The lowest BCUT2D eigenvalue weighted by molar-refractivity contribution is 0.195. The van der Waals surface area contributed by atoms with Gasteiger partial charge < -0.3 is 5.11 Å². The van der Waals surface area contributed by atoms with E-state index in [9.17, 15) is 9.90 Å². The van der Waals surface area contributed by atoms with E-state index in [2.05, 4.69) is 36.9 Å². The summed E-state index contributed by atoms with van der Waals surface area (Å²) in [5, 5.41) is 13.0. The molecule has 1 unspecified atom stereocenters. The van der Waals surface area contributed by atoms with Gasteiger partial charge in [0.2, 0.25) is 0 Å². The number of fused-ring (bicyclic) bond motifs is 1. The Hall–Kier alpha value is -2.40. The van der Waals surface area contributed by atoms with E-state index in [4.69, 9.17) is 0 Å². The second-order valence-electron chi connectivity index (χ2n) is 7.05. The normalized spacial score (nSPS) is 12.8. The fourth-order valence-electron chi connectivity index (χ4n) is 3.78. The van der Waals surface area contributed by atoms with E-state index in [0.717, 1.165) is 33.5 Å². The lowest BCUT2D eigenvalue weighted by atomic mass is 9.87. The first-order chi connectivity index (χ1) is 11.7. The summed E-state index contributed by atoms with van der Waals surface area (Å²) >= 11 is 0. The van der Waals surface area contributed by atoms with Gasteiger partial charge in [-0.05, 0) is 75.8 Å². The quantitative estimate of drug-likeness (QED) is 0.770. The van der Waals surface area contributed by atoms with E-state index in [1.165, 1.54) is 16.1 Å². The van der Waals surface area contributed by atoms with Crippen LogP contribution in [0.2, 0.25) is 0 Å². The Morgan fingerprint density at radius 3 is 2.44 bits per heavy atom. The highest BCUT2D eigenvalue weighted by Crippen LogP contribution is 2.35. The van der Waals surface area contributed by atoms with Gasteiger partial charge in [-0.1, -0.05) is 6.07 Å². The van der Waals surface area contributed by atoms with E-state index in [1.54, 1.807) is 6.92 Å². The number of rotatable bonds is 3. The van der Waals surface area contributed by atoms with Gasteiger partial charge in [0, 0.05) is 23.0 Å². The molecular weight excluding hydrogens is 314 g/mol. The lowest BCUT2D eigenvalue weighted by Gasteiger charge is -2.18. The molecule has 1 atom stereocenters. The van der Waals surface area contributed by atoms with Gasteiger partial charge in [0.15, 0.2) is 5.65 Å². The van der Waals surface area contributed by atoms with Crippen LogP contribution in [0.25, 0.3) is 16.8 Å². The highest BCUT2D eigenvalue weighted by Gasteiger charge is 2.20. The summed E-state index contributed by atoms with van der Waals surface area (Å²) in [6, 6.07) is 3.68. The Bertz CT molecular complexity index is 1030. The first kappa shape index (κ1) is 17.4. The Balaban J connectivity index is 2.39. The fourth-order valence-corrected chi connectivity index (χ4v) is 3.78. The van der Waals surface area contributed by atoms with Gasteiger partial charge in [-0.2, -0.15) is 0 Å². The average Bonchev–Trinajstić information content (AvgIpc) is 2.81. The van der Waals surface area contributed by atoms with Gasteiger partial charge in [0.05, 0.1) is 6.10 Å². The molecule has 0 aliphatic carbocycles. The van der Waals surface area contributed by atoms with E-state index in [-0.39, 0.29) is 5.56 Å². The number of aryl methyl sites for hydroxylation is 4. The number of nitrogens with one attached hydrogen (secondary N) is 1. The van der Waals surface area contributed by atoms with Crippen molar-refractivity contribution in [2.24, 2.45) is 0 Å². The van der Waals surface area contributed by atoms with Crippen LogP contribution in [0.1, 0.15) is 40.6 Å². The minimum atomic E-state index is -0.403. The molecule has 5 nitrogen and oxygen atoms in total. The number of aromatic amines is 1. The molecule has 0 saturated heterocycles. The van der Waals surface area contributed by atoms with Crippen LogP contribution in [-0.2, 0) is 6.42 Å². The predicted octanol–water partition coefficient (Wildman–Crippen LogP) is 3.16. The first-order valence-electron chi connectivity index (χ1n) is 8.57. The van der Waals surface area contributed by atoms with Gasteiger partial charge in [-0.3, -0.25) is 9.89 Å². The monoisotopic (exact) mass is 339 g/mol. The summed E-state index contributed by atoms with van der Waals surface area (Å²) in [5.41, 5.74) is 8.83. The number of hydrogen-bond acceptors (Lipinski definition) is 3. The molecule has 2 N–H and O–H groups in total. The number of aromatic nitrogens is 3. The molecule has 0 saturated carbocycles. The molecule has 25 heavy (non-hydrogen) atoms. The highest BCUT2D eigenvalue weighted by atomic mass is 16.3. The van der Waals surface area contributed by atoms with Gasteiger partial charge in [-0.25, -0.2) is 9.50 Å². The summed E-state index contributed by atoms with van der Waals surface area (Å²) in [5.74, 6) is 0. The lowest BCUT2D eigenvalue weighted by Crippen LogP contribution is -2.14. The van der Waals surface area contributed by atoms with Gasteiger partial charge in [-0.15, -0.1) is 0 Å². The van der Waals surface area contributed by atoms with Crippen LogP contribution >= 0.6 is 0 Å². The predicted molar refractivity (Wildman–Crippen MR) is 100 cm³/mol. The Morgan fingerprint density at radius 2 is 1.80 bits per heavy atom. The van der Waals surface area contributed by atoms with Crippen LogP contribution in [0.4, 0.5) is 0 Å². The van der Waals surface area contributed by atoms with E-state index in [1.807, 2.05) is 13.8 Å². The molecule has 0 fully saturated rings. The standard InChI is InChI=1S/C20H25N3O2/c1-10-7-11(2)18(14(5)16(10)9-13(4)24)19-15(6)22-23-17(25)8-12(3)21-20(19)23/h7-8,13,22,24H,9H2,1-6H3. The maximum Gasteiger partial charge on any atom is 0.272 e. The molecular formula is C20H25N3O2. The van der Waals surface area contributed by atoms with Crippen molar-refractivity contribution in [3.05, 3.63) is 56.1 Å². The summed E-state index contributed by atoms with van der Waals surface area (Å²) in [7, 11) is 0. The highest BCUT2D eigenvalue weighted by molar-refractivity contribution is 5.84. The molecule has 132 valence electrons. The Morgan fingerprint density at radius 1 is 1.12 bits per heavy atom. The maximum atomic E-state index is 12.3. The van der Waals surface area contributed by atoms with Crippen molar-refractivity contribution in [3.8, 4) is 11.1 Å². The molecule has 3 rings (SSSR count). The van der Waals surface area contributed by atoms with Crippen molar-refractivity contribution in [1.82, 2.24) is 14.6 Å². The molecule has 1 aromatic carbocycles. The topological polar surface area (TPSA) is 70.4 Å². The van der Waals surface area contributed by atoms with Crippen molar-refractivity contribution in [3.63, 3.8) is 0 Å². The Kier molecular flexibility index (Phi) is 4.29. The second kappa shape index (κ2) is 6.15. The number of hydrogen-bond donors (Lipinski definition) is 2. The molecule has 3 aromatic rings. The van der Waals surface area contributed by atoms with Crippen molar-refractivity contribution in [1.29, 1.82) is 0 Å². The molecule has 0 spiro atoms. The van der Waals surface area contributed by atoms with Gasteiger partial charge >= 0.3 is 0 Å². The summed E-state index contributed by atoms with van der Waals surface area (Å²) in [6.45, 7) is 11.9. The molecule has 2 heterocycles. The van der Waals surface area contributed by atoms with Crippen LogP contribution < -0.4 is 5.56 Å².